The van der Waals surface area contributed by atoms with E-state index >= 15 is 0 Å². The maximum absolute atomic E-state index is 13.2. The molecule has 0 saturated heterocycles. The van der Waals surface area contributed by atoms with Gasteiger partial charge in [0, 0.05) is 35.4 Å². The van der Waals surface area contributed by atoms with Crippen LogP contribution in [0.3, 0.4) is 0 Å². The highest BCUT2D eigenvalue weighted by Crippen LogP contribution is 2.27. The van der Waals surface area contributed by atoms with Gasteiger partial charge in [-0.15, -0.1) is 11.3 Å². The molecular formula is C17H15F2N3O2S2. The monoisotopic (exact) mass is 395 g/mol. The van der Waals surface area contributed by atoms with E-state index in [1.165, 1.54) is 11.3 Å². The molecule has 3 rings (SSSR count). The summed E-state index contributed by atoms with van der Waals surface area (Å²) in [5, 5.41) is 0.747. The van der Waals surface area contributed by atoms with Crippen LogP contribution in [0.15, 0.2) is 42.7 Å². The molecule has 0 aliphatic rings. The SMILES string of the molecule is Cc1nc(-c2cccnc2)sc1CNS(=O)(=O)Cc1cc(F)cc(F)c1. The van der Waals surface area contributed by atoms with E-state index in [9.17, 15) is 17.2 Å². The van der Waals surface area contributed by atoms with E-state index in [2.05, 4.69) is 14.7 Å². The highest BCUT2D eigenvalue weighted by atomic mass is 32.2. The number of rotatable bonds is 6. The Kier molecular flexibility index (Phi) is 5.40. The Morgan fingerprint density at radius 2 is 1.92 bits per heavy atom. The van der Waals surface area contributed by atoms with Gasteiger partial charge in [0.1, 0.15) is 16.6 Å². The molecule has 9 heteroatoms. The van der Waals surface area contributed by atoms with Gasteiger partial charge in [-0.2, -0.15) is 0 Å². The van der Waals surface area contributed by atoms with Crippen LogP contribution in [0, 0.1) is 18.6 Å². The number of halogens is 2. The highest BCUT2D eigenvalue weighted by Gasteiger charge is 2.16. The second kappa shape index (κ2) is 7.56. The van der Waals surface area contributed by atoms with Gasteiger partial charge < -0.3 is 0 Å². The number of sulfonamides is 1. The molecule has 2 aromatic heterocycles. The third-order valence-corrected chi connectivity index (χ3v) is 6.04. The first kappa shape index (κ1) is 18.6. The minimum absolute atomic E-state index is 0.0482. The lowest BCUT2D eigenvalue weighted by atomic mass is 10.2. The predicted octanol–water partition coefficient (Wildman–Crippen LogP) is 3.41. The fourth-order valence-corrected chi connectivity index (χ4v) is 4.50. The van der Waals surface area contributed by atoms with Crippen LogP contribution in [0.2, 0.25) is 0 Å². The van der Waals surface area contributed by atoms with E-state index in [1.807, 2.05) is 6.07 Å². The van der Waals surface area contributed by atoms with Gasteiger partial charge in [0.05, 0.1) is 11.4 Å². The van der Waals surface area contributed by atoms with Crippen molar-refractivity contribution in [2.75, 3.05) is 0 Å². The summed E-state index contributed by atoms with van der Waals surface area (Å²) in [6.07, 6.45) is 3.35. The molecule has 3 aromatic rings. The topological polar surface area (TPSA) is 72.0 Å². The van der Waals surface area contributed by atoms with Crippen molar-refractivity contribution in [2.45, 2.75) is 19.2 Å². The molecule has 2 heterocycles. The Hall–Kier alpha value is -2.23. The zero-order chi connectivity index (χ0) is 18.7. The molecule has 0 aliphatic heterocycles. The fraction of sp³-hybridized carbons (Fsp3) is 0.176. The number of nitrogens with zero attached hydrogens (tertiary/aromatic N) is 2. The molecule has 0 amide bonds. The van der Waals surface area contributed by atoms with E-state index in [-0.39, 0.29) is 12.1 Å². The highest BCUT2D eigenvalue weighted by molar-refractivity contribution is 7.88. The third-order valence-electron chi connectivity index (χ3n) is 3.53. The minimum atomic E-state index is -3.76. The summed E-state index contributed by atoms with van der Waals surface area (Å²) >= 11 is 1.37. The van der Waals surface area contributed by atoms with E-state index in [4.69, 9.17) is 0 Å². The average molecular weight is 395 g/mol. The number of hydrogen-bond acceptors (Lipinski definition) is 5. The van der Waals surface area contributed by atoms with Crippen LogP contribution < -0.4 is 4.72 Å². The van der Waals surface area contributed by atoms with Crippen molar-refractivity contribution >= 4 is 21.4 Å². The Bertz CT molecular complexity index is 1000. The van der Waals surface area contributed by atoms with E-state index in [0.717, 1.165) is 27.6 Å². The van der Waals surface area contributed by atoms with Crippen LogP contribution in [0.4, 0.5) is 8.78 Å². The van der Waals surface area contributed by atoms with Gasteiger partial charge in [0.2, 0.25) is 10.0 Å². The lowest BCUT2D eigenvalue weighted by molar-refractivity contribution is 0.574. The van der Waals surface area contributed by atoms with Crippen LogP contribution in [-0.4, -0.2) is 18.4 Å². The lowest BCUT2D eigenvalue weighted by Gasteiger charge is -2.06. The van der Waals surface area contributed by atoms with Gasteiger partial charge in [-0.05, 0) is 36.8 Å². The molecule has 136 valence electrons. The van der Waals surface area contributed by atoms with Crippen LogP contribution in [0.25, 0.3) is 10.6 Å². The first-order valence-electron chi connectivity index (χ1n) is 7.61. The first-order valence-corrected chi connectivity index (χ1v) is 10.1. The molecule has 0 saturated carbocycles. The summed E-state index contributed by atoms with van der Waals surface area (Å²) in [4.78, 5) is 9.24. The predicted molar refractivity (Wildman–Crippen MR) is 95.9 cm³/mol. The average Bonchev–Trinajstić information content (AvgIpc) is 2.93. The van der Waals surface area contributed by atoms with Gasteiger partial charge in [0.25, 0.3) is 0 Å². The van der Waals surface area contributed by atoms with E-state index < -0.39 is 27.4 Å². The summed E-state index contributed by atoms with van der Waals surface area (Å²) < 4.78 is 53.3. The van der Waals surface area contributed by atoms with Crippen LogP contribution in [0.1, 0.15) is 16.1 Å². The molecular weight excluding hydrogens is 380 g/mol. The Morgan fingerprint density at radius 3 is 2.58 bits per heavy atom. The van der Waals surface area contributed by atoms with Gasteiger partial charge in [-0.3, -0.25) is 4.98 Å². The maximum Gasteiger partial charge on any atom is 0.216 e. The Morgan fingerprint density at radius 1 is 1.19 bits per heavy atom. The Labute approximate surface area is 153 Å². The largest absolute Gasteiger partial charge is 0.264 e. The van der Waals surface area contributed by atoms with E-state index in [0.29, 0.717) is 11.8 Å². The third kappa shape index (κ3) is 4.69. The molecule has 0 radical (unpaired) electrons. The first-order chi connectivity index (χ1) is 12.3. The van der Waals surface area contributed by atoms with Gasteiger partial charge in [-0.1, -0.05) is 0 Å². The van der Waals surface area contributed by atoms with E-state index in [1.54, 1.807) is 25.4 Å². The fourth-order valence-electron chi connectivity index (χ4n) is 2.35. The maximum atomic E-state index is 13.2. The molecule has 0 fully saturated rings. The van der Waals surface area contributed by atoms with Crippen molar-refractivity contribution in [3.63, 3.8) is 0 Å². The van der Waals surface area contributed by atoms with Crippen molar-refractivity contribution in [2.24, 2.45) is 0 Å². The van der Waals surface area contributed by atoms with Crippen molar-refractivity contribution in [3.8, 4) is 10.6 Å². The van der Waals surface area contributed by atoms with Gasteiger partial charge >= 0.3 is 0 Å². The molecule has 1 aromatic carbocycles. The zero-order valence-corrected chi connectivity index (χ0v) is 15.4. The molecule has 0 aliphatic carbocycles. The standard InChI is InChI=1S/C17H15F2N3O2S2/c1-11-16(25-17(22-11)13-3-2-4-20-8-13)9-21-26(23,24)10-12-5-14(18)7-15(19)6-12/h2-8,21H,9-10H2,1H3. The summed E-state index contributed by atoms with van der Waals surface area (Å²) in [5.74, 6) is -2.13. The number of hydrogen-bond donors (Lipinski definition) is 1. The van der Waals surface area contributed by atoms with Crippen LogP contribution in [-0.2, 0) is 22.3 Å². The van der Waals surface area contributed by atoms with Crippen molar-refractivity contribution < 1.29 is 17.2 Å². The second-order valence-corrected chi connectivity index (χ2v) is 8.52. The van der Waals surface area contributed by atoms with Crippen molar-refractivity contribution in [3.05, 3.63) is 70.5 Å². The molecule has 5 nitrogen and oxygen atoms in total. The molecule has 0 spiro atoms. The van der Waals surface area contributed by atoms with Crippen molar-refractivity contribution in [1.82, 2.24) is 14.7 Å². The summed E-state index contributed by atoms with van der Waals surface area (Å²) in [5.41, 5.74) is 1.62. The molecule has 26 heavy (non-hydrogen) atoms. The van der Waals surface area contributed by atoms with Gasteiger partial charge in [0.15, 0.2) is 0 Å². The van der Waals surface area contributed by atoms with Crippen LogP contribution in [0.5, 0.6) is 0 Å². The Balaban J connectivity index is 1.71. The molecule has 0 atom stereocenters. The number of pyridine rings is 1. The van der Waals surface area contributed by atoms with Crippen LogP contribution >= 0.6 is 11.3 Å². The smallest absolute Gasteiger partial charge is 0.216 e. The summed E-state index contributed by atoms with van der Waals surface area (Å²) in [7, 11) is -3.76. The number of aryl methyl sites for hydroxylation is 1. The second-order valence-electron chi connectivity index (χ2n) is 5.63. The molecule has 1 N–H and O–H groups in total. The number of nitrogens with one attached hydrogen (secondary N) is 1. The number of benzene rings is 1. The lowest BCUT2D eigenvalue weighted by Crippen LogP contribution is -2.24. The quantitative estimate of drug-likeness (QED) is 0.694. The summed E-state index contributed by atoms with van der Waals surface area (Å²) in [6.45, 7) is 1.85. The van der Waals surface area contributed by atoms with Gasteiger partial charge in [-0.25, -0.2) is 26.9 Å². The minimum Gasteiger partial charge on any atom is -0.264 e. The molecule has 0 unspecified atom stereocenters. The normalized spacial score (nSPS) is 11.7. The van der Waals surface area contributed by atoms with Crippen molar-refractivity contribution in [1.29, 1.82) is 0 Å². The number of thiazole rings is 1. The molecule has 0 bridgehead atoms. The zero-order valence-electron chi connectivity index (χ0n) is 13.7. The number of aromatic nitrogens is 2. The summed E-state index contributed by atoms with van der Waals surface area (Å²) in [6, 6.07) is 6.37.